The van der Waals surface area contributed by atoms with Gasteiger partial charge in [-0.2, -0.15) is 0 Å². The first kappa shape index (κ1) is 11.2. The molecule has 0 rings (SSSR count). The lowest BCUT2D eigenvalue weighted by atomic mass is 10.4. The number of carbonyl (C=O) groups is 1. The van der Waals surface area contributed by atoms with E-state index in [2.05, 4.69) is 10.9 Å². The Kier molecular flexibility index (Phi) is 6.47. The highest BCUT2D eigenvalue weighted by molar-refractivity contribution is 5.66. The third-order valence-electron chi connectivity index (χ3n) is 1.19. The molecule has 0 aliphatic carbocycles. The number of nitrogens with one attached hydrogen (secondary N) is 2. The molecule has 0 fully saturated rings. The summed E-state index contributed by atoms with van der Waals surface area (Å²) in [6.07, 6.45) is 1.54. The second kappa shape index (κ2) is 6.91. The molecule has 0 spiro atoms. The normalized spacial score (nSPS) is 10.0. The molecule has 0 saturated heterocycles. The number of amides is 1. The van der Waals surface area contributed by atoms with Crippen LogP contribution >= 0.6 is 0 Å². The Bertz CT molecular complexity index is 126. The van der Waals surface area contributed by atoms with Crippen molar-refractivity contribution in [2.75, 3.05) is 6.61 Å². The zero-order valence-electron chi connectivity index (χ0n) is 8.02. The molecule has 0 bridgehead atoms. The molecule has 0 heterocycles. The number of unbranched alkanes of at least 4 members (excludes halogenated alkanes) is 1. The van der Waals surface area contributed by atoms with E-state index in [-0.39, 0.29) is 6.04 Å². The van der Waals surface area contributed by atoms with Crippen molar-refractivity contribution in [3.8, 4) is 0 Å². The van der Waals surface area contributed by atoms with Crippen molar-refractivity contribution < 1.29 is 9.53 Å². The second-order valence-electron chi connectivity index (χ2n) is 2.91. The summed E-state index contributed by atoms with van der Waals surface area (Å²) in [5.41, 5.74) is 5.18. The minimum atomic E-state index is -0.405. The molecule has 0 aliphatic heterocycles. The average Bonchev–Trinajstić information content (AvgIpc) is 2.01. The third kappa shape index (κ3) is 7.34. The standard InChI is InChI=1S/C8H18N2O2/c1-4-5-6-12-8(11)10-9-7(2)3/h7,9H,4-6H2,1-3H3,(H,10,11). The number of ether oxygens (including phenoxy) is 1. The summed E-state index contributed by atoms with van der Waals surface area (Å²) in [6.45, 7) is 6.41. The fourth-order valence-electron chi connectivity index (χ4n) is 0.549. The van der Waals surface area contributed by atoms with E-state index in [1.165, 1.54) is 0 Å². The first-order valence-corrected chi connectivity index (χ1v) is 4.35. The maximum absolute atomic E-state index is 10.8. The van der Waals surface area contributed by atoms with Gasteiger partial charge in [-0.05, 0) is 20.3 Å². The Morgan fingerprint density at radius 1 is 1.50 bits per heavy atom. The number of hydrogen-bond acceptors (Lipinski definition) is 3. The van der Waals surface area contributed by atoms with Gasteiger partial charge in [0.05, 0.1) is 6.61 Å². The number of rotatable bonds is 5. The van der Waals surface area contributed by atoms with Crippen LogP contribution in [0.3, 0.4) is 0 Å². The van der Waals surface area contributed by atoms with Gasteiger partial charge in [-0.15, -0.1) is 0 Å². The lowest BCUT2D eigenvalue weighted by Crippen LogP contribution is -2.42. The molecule has 0 atom stereocenters. The number of hydrazine groups is 1. The zero-order chi connectivity index (χ0) is 9.40. The fourth-order valence-corrected chi connectivity index (χ4v) is 0.549. The van der Waals surface area contributed by atoms with Crippen LogP contribution in [-0.2, 0) is 4.74 Å². The molecule has 2 N–H and O–H groups in total. The van der Waals surface area contributed by atoms with Gasteiger partial charge in [0.15, 0.2) is 0 Å². The Labute approximate surface area is 73.6 Å². The van der Waals surface area contributed by atoms with Crippen LogP contribution < -0.4 is 10.9 Å². The first-order valence-electron chi connectivity index (χ1n) is 4.35. The molecule has 0 saturated carbocycles. The van der Waals surface area contributed by atoms with Gasteiger partial charge >= 0.3 is 6.09 Å². The van der Waals surface area contributed by atoms with Gasteiger partial charge in [-0.1, -0.05) is 13.3 Å². The highest BCUT2D eigenvalue weighted by atomic mass is 16.6. The predicted octanol–water partition coefficient (Wildman–Crippen LogP) is 1.43. The Morgan fingerprint density at radius 2 is 2.17 bits per heavy atom. The summed E-state index contributed by atoms with van der Waals surface area (Å²) in [4.78, 5) is 10.8. The molecule has 0 radical (unpaired) electrons. The fraction of sp³-hybridized carbons (Fsp3) is 0.875. The van der Waals surface area contributed by atoms with E-state index >= 15 is 0 Å². The Morgan fingerprint density at radius 3 is 2.67 bits per heavy atom. The summed E-state index contributed by atoms with van der Waals surface area (Å²) in [7, 11) is 0. The van der Waals surface area contributed by atoms with Gasteiger partial charge in [0.2, 0.25) is 0 Å². The van der Waals surface area contributed by atoms with Crippen LogP contribution in [0.5, 0.6) is 0 Å². The summed E-state index contributed by atoms with van der Waals surface area (Å²) >= 11 is 0. The first-order chi connectivity index (χ1) is 5.66. The van der Waals surface area contributed by atoms with Crippen molar-refractivity contribution in [2.24, 2.45) is 0 Å². The largest absolute Gasteiger partial charge is 0.449 e. The van der Waals surface area contributed by atoms with Gasteiger partial charge in [0.1, 0.15) is 0 Å². The van der Waals surface area contributed by atoms with Crippen molar-refractivity contribution >= 4 is 6.09 Å². The van der Waals surface area contributed by atoms with E-state index in [4.69, 9.17) is 4.74 Å². The van der Waals surface area contributed by atoms with Gasteiger partial charge in [-0.25, -0.2) is 10.2 Å². The van der Waals surface area contributed by atoms with E-state index in [9.17, 15) is 4.79 Å². The van der Waals surface area contributed by atoms with Crippen LogP contribution in [0.25, 0.3) is 0 Å². The number of carbonyl (C=O) groups excluding carboxylic acids is 1. The van der Waals surface area contributed by atoms with E-state index < -0.39 is 6.09 Å². The second-order valence-corrected chi connectivity index (χ2v) is 2.91. The van der Waals surface area contributed by atoms with Crippen molar-refractivity contribution in [1.82, 2.24) is 10.9 Å². The topological polar surface area (TPSA) is 50.4 Å². The molecule has 12 heavy (non-hydrogen) atoms. The summed E-state index contributed by atoms with van der Waals surface area (Å²) < 4.78 is 4.82. The van der Waals surface area contributed by atoms with Gasteiger partial charge < -0.3 is 4.74 Å². The molecule has 4 heteroatoms. The molecule has 1 amide bonds. The minimum Gasteiger partial charge on any atom is -0.449 e. The Hall–Kier alpha value is -0.770. The maximum Gasteiger partial charge on any atom is 0.421 e. The highest BCUT2D eigenvalue weighted by Crippen LogP contribution is 1.87. The van der Waals surface area contributed by atoms with E-state index in [1.807, 2.05) is 20.8 Å². The summed E-state index contributed by atoms with van der Waals surface area (Å²) in [5, 5.41) is 0. The summed E-state index contributed by atoms with van der Waals surface area (Å²) in [5.74, 6) is 0. The van der Waals surface area contributed by atoms with Crippen molar-refractivity contribution in [3.63, 3.8) is 0 Å². The molecular formula is C8H18N2O2. The SMILES string of the molecule is CCCCOC(=O)NNC(C)C. The molecule has 72 valence electrons. The van der Waals surface area contributed by atoms with Crippen molar-refractivity contribution in [3.05, 3.63) is 0 Å². The monoisotopic (exact) mass is 174 g/mol. The summed E-state index contributed by atoms with van der Waals surface area (Å²) in [6, 6.07) is 0.226. The predicted molar refractivity (Wildman–Crippen MR) is 47.7 cm³/mol. The minimum absolute atomic E-state index is 0.226. The highest BCUT2D eigenvalue weighted by Gasteiger charge is 2.00. The van der Waals surface area contributed by atoms with Gasteiger partial charge in [0.25, 0.3) is 0 Å². The maximum atomic E-state index is 10.8. The molecular weight excluding hydrogens is 156 g/mol. The van der Waals surface area contributed by atoms with Crippen LogP contribution in [0.1, 0.15) is 33.6 Å². The average molecular weight is 174 g/mol. The number of hydrogen-bond donors (Lipinski definition) is 2. The van der Waals surface area contributed by atoms with E-state index in [1.54, 1.807) is 0 Å². The van der Waals surface area contributed by atoms with Gasteiger partial charge in [-0.3, -0.25) is 5.43 Å². The molecule has 0 unspecified atom stereocenters. The van der Waals surface area contributed by atoms with E-state index in [0.29, 0.717) is 6.61 Å². The molecule has 0 aliphatic rings. The van der Waals surface area contributed by atoms with Crippen LogP contribution in [0, 0.1) is 0 Å². The van der Waals surface area contributed by atoms with E-state index in [0.717, 1.165) is 12.8 Å². The quantitative estimate of drug-likeness (QED) is 0.489. The van der Waals surface area contributed by atoms with Crippen molar-refractivity contribution in [1.29, 1.82) is 0 Å². The van der Waals surface area contributed by atoms with Crippen LogP contribution in [0.15, 0.2) is 0 Å². The third-order valence-corrected chi connectivity index (χ3v) is 1.19. The molecule has 4 nitrogen and oxygen atoms in total. The molecule has 0 aromatic rings. The molecule has 0 aromatic carbocycles. The van der Waals surface area contributed by atoms with Crippen LogP contribution in [0.2, 0.25) is 0 Å². The van der Waals surface area contributed by atoms with Crippen molar-refractivity contribution in [2.45, 2.75) is 39.7 Å². The zero-order valence-corrected chi connectivity index (χ0v) is 8.02. The smallest absolute Gasteiger partial charge is 0.421 e. The molecule has 0 aromatic heterocycles. The Balaban J connectivity index is 3.22. The lowest BCUT2D eigenvalue weighted by Gasteiger charge is -2.09. The lowest BCUT2D eigenvalue weighted by molar-refractivity contribution is 0.138. The van der Waals surface area contributed by atoms with Gasteiger partial charge in [0, 0.05) is 6.04 Å². The van der Waals surface area contributed by atoms with Crippen LogP contribution in [-0.4, -0.2) is 18.7 Å². The van der Waals surface area contributed by atoms with Crippen LogP contribution in [0.4, 0.5) is 4.79 Å².